The second kappa shape index (κ2) is 8.29. The Kier molecular flexibility index (Phi) is 7.04. The number of benzene rings is 1. The Bertz CT molecular complexity index is 538. The standard InChI is InChI=1S/C14H21F2NO3S/c1-3-5-17-10-11-8-12(15)14(13(16)9-11)20-6-4-7-21(2,18)19/h8-9,17H,3-7,10H2,1-2H3. The molecule has 0 spiro atoms. The maximum absolute atomic E-state index is 13.8. The summed E-state index contributed by atoms with van der Waals surface area (Å²) in [5.74, 6) is -2.08. The Morgan fingerprint density at radius 1 is 1.24 bits per heavy atom. The van der Waals surface area contributed by atoms with Gasteiger partial charge in [-0.25, -0.2) is 17.2 Å². The van der Waals surface area contributed by atoms with E-state index in [-0.39, 0.29) is 18.8 Å². The first kappa shape index (κ1) is 17.8. The fourth-order valence-electron chi connectivity index (χ4n) is 1.76. The van der Waals surface area contributed by atoms with E-state index in [1.165, 1.54) is 12.1 Å². The van der Waals surface area contributed by atoms with Gasteiger partial charge in [0.2, 0.25) is 0 Å². The van der Waals surface area contributed by atoms with Crippen LogP contribution in [0.1, 0.15) is 25.3 Å². The molecule has 0 aromatic heterocycles. The smallest absolute Gasteiger partial charge is 0.190 e. The number of nitrogens with one attached hydrogen (secondary N) is 1. The summed E-state index contributed by atoms with van der Waals surface area (Å²) in [6.45, 7) is 3.11. The molecule has 21 heavy (non-hydrogen) atoms. The zero-order valence-corrected chi connectivity index (χ0v) is 13.1. The van der Waals surface area contributed by atoms with Gasteiger partial charge in [-0.2, -0.15) is 0 Å². The van der Waals surface area contributed by atoms with Gasteiger partial charge in [0.05, 0.1) is 12.4 Å². The fourth-order valence-corrected chi connectivity index (χ4v) is 2.40. The van der Waals surface area contributed by atoms with E-state index in [0.717, 1.165) is 19.2 Å². The van der Waals surface area contributed by atoms with Crippen LogP contribution in [-0.4, -0.2) is 33.6 Å². The lowest BCUT2D eigenvalue weighted by molar-refractivity contribution is 0.285. The molecule has 0 heterocycles. The molecule has 0 bridgehead atoms. The van der Waals surface area contributed by atoms with Gasteiger partial charge in [-0.1, -0.05) is 6.92 Å². The van der Waals surface area contributed by atoms with Gasteiger partial charge in [0.1, 0.15) is 9.84 Å². The van der Waals surface area contributed by atoms with Crippen molar-refractivity contribution in [1.82, 2.24) is 5.32 Å². The van der Waals surface area contributed by atoms with Gasteiger partial charge in [0.25, 0.3) is 0 Å². The predicted molar refractivity (Wildman–Crippen MR) is 78.2 cm³/mol. The van der Waals surface area contributed by atoms with Gasteiger partial charge in [-0.15, -0.1) is 0 Å². The largest absolute Gasteiger partial charge is 0.488 e. The summed E-state index contributed by atoms with van der Waals surface area (Å²) in [5, 5.41) is 3.05. The lowest BCUT2D eigenvalue weighted by atomic mass is 10.2. The molecule has 1 aromatic carbocycles. The molecule has 7 heteroatoms. The van der Waals surface area contributed by atoms with Gasteiger partial charge < -0.3 is 10.1 Å². The van der Waals surface area contributed by atoms with Gasteiger partial charge >= 0.3 is 0 Å². The number of hydrogen-bond donors (Lipinski definition) is 1. The third-order valence-corrected chi connectivity index (χ3v) is 3.75. The maximum atomic E-state index is 13.8. The van der Waals surface area contributed by atoms with Crippen molar-refractivity contribution in [2.75, 3.05) is 25.2 Å². The first-order valence-electron chi connectivity index (χ1n) is 6.82. The van der Waals surface area contributed by atoms with Crippen molar-refractivity contribution in [3.05, 3.63) is 29.3 Å². The number of ether oxygens (including phenoxy) is 1. The molecule has 120 valence electrons. The number of rotatable bonds is 9. The quantitative estimate of drug-likeness (QED) is 0.709. The molecule has 0 atom stereocenters. The van der Waals surface area contributed by atoms with Crippen LogP contribution < -0.4 is 10.1 Å². The minimum Gasteiger partial charge on any atom is -0.488 e. The van der Waals surface area contributed by atoms with Crippen LogP contribution in [0.5, 0.6) is 5.75 Å². The van der Waals surface area contributed by atoms with Crippen molar-refractivity contribution in [3.63, 3.8) is 0 Å². The van der Waals surface area contributed by atoms with Crippen molar-refractivity contribution in [1.29, 1.82) is 0 Å². The molecular weight excluding hydrogens is 300 g/mol. The first-order valence-corrected chi connectivity index (χ1v) is 8.88. The molecule has 0 radical (unpaired) electrons. The van der Waals surface area contributed by atoms with Gasteiger partial charge in [-0.3, -0.25) is 0 Å². The van der Waals surface area contributed by atoms with Gasteiger partial charge in [0, 0.05) is 12.8 Å². The molecule has 1 rings (SSSR count). The highest BCUT2D eigenvalue weighted by Gasteiger charge is 2.13. The van der Waals surface area contributed by atoms with Crippen LogP contribution in [0.25, 0.3) is 0 Å². The second-order valence-corrected chi connectivity index (χ2v) is 7.16. The molecular formula is C14H21F2NO3S. The number of halogens is 2. The van der Waals surface area contributed by atoms with Gasteiger partial charge in [0.15, 0.2) is 17.4 Å². The van der Waals surface area contributed by atoms with Crippen molar-refractivity contribution in [3.8, 4) is 5.75 Å². The topological polar surface area (TPSA) is 55.4 Å². The average Bonchev–Trinajstić information content (AvgIpc) is 2.36. The molecule has 0 unspecified atom stereocenters. The first-order chi connectivity index (χ1) is 9.83. The average molecular weight is 321 g/mol. The third-order valence-electron chi connectivity index (χ3n) is 2.72. The zero-order chi connectivity index (χ0) is 15.9. The summed E-state index contributed by atoms with van der Waals surface area (Å²) in [7, 11) is -3.09. The monoisotopic (exact) mass is 321 g/mol. The van der Waals surface area contributed by atoms with Crippen molar-refractivity contribution in [2.45, 2.75) is 26.3 Å². The molecule has 0 amide bonds. The minimum atomic E-state index is -3.09. The number of hydrogen-bond acceptors (Lipinski definition) is 4. The summed E-state index contributed by atoms with van der Waals surface area (Å²) in [4.78, 5) is 0. The molecule has 1 aromatic rings. The lowest BCUT2D eigenvalue weighted by Gasteiger charge is -2.10. The molecule has 0 aliphatic carbocycles. The van der Waals surface area contributed by atoms with E-state index in [9.17, 15) is 17.2 Å². The van der Waals surface area contributed by atoms with E-state index in [4.69, 9.17) is 4.74 Å². The van der Waals surface area contributed by atoms with Gasteiger partial charge in [-0.05, 0) is 37.1 Å². The van der Waals surface area contributed by atoms with Crippen LogP contribution in [0.2, 0.25) is 0 Å². The summed E-state index contributed by atoms with van der Waals surface area (Å²) >= 11 is 0. The third kappa shape index (κ3) is 6.86. The maximum Gasteiger partial charge on any atom is 0.190 e. The van der Waals surface area contributed by atoms with Crippen LogP contribution in [0.15, 0.2) is 12.1 Å². The molecule has 0 fully saturated rings. The Balaban J connectivity index is 2.59. The van der Waals surface area contributed by atoms with Crippen LogP contribution in [-0.2, 0) is 16.4 Å². The predicted octanol–water partition coefficient (Wildman–Crippen LogP) is 2.28. The Morgan fingerprint density at radius 3 is 2.38 bits per heavy atom. The van der Waals surface area contributed by atoms with Crippen LogP contribution in [0, 0.1) is 11.6 Å². The Labute approximate surface area is 124 Å². The van der Waals surface area contributed by atoms with E-state index >= 15 is 0 Å². The second-order valence-electron chi connectivity index (χ2n) is 4.90. The fraction of sp³-hybridized carbons (Fsp3) is 0.571. The van der Waals surface area contributed by atoms with Crippen molar-refractivity contribution < 1.29 is 21.9 Å². The van der Waals surface area contributed by atoms with E-state index in [2.05, 4.69) is 5.32 Å². The molecule has 0 saturated heterocycles. The van der Waals surface area contributed by atoms with Crippen LogP contribution >= 0.6 is 0 Å². The normalized spacial score (nSPS) is 11.6. The highest BCUT2D eigenvalue weighted by molar-refractivity contribution is 7.90. The van der Waals surface area contributed by atoms with Crippen LogP contribution in [0.3, 0.4) is 0 Å². The summed E-state index contributed by atoms with van der Waals surface area (Å²) < 4.78 is 54.4. The Morgan fingerprint density at radius 2 is 1.86 bits per heavy atom. The zero-order valence-electron chi connectivity index (χ0n) is 12.3. The van der Waals surface area contributed by atoms with Crippen molar-refractivity contribution >= 4 is 9.84 Å². The summed E-state index contributed by atoms with van der Waals surface area (Å²) in [6.07, 6.45) is 2.23. The minimum absolute atomic E-state index is 0.0473. The van der Waals surface area contributed by atoms with Crippen molar-refractivity contribution in [2.24, 2.45) is 0 Å². The summed E-state index contributed by atoms with van der Waals surface area (Å²) in [6, 6.07) is 2.44. The molecule has 0 aliphatic heterocycles. The van der Waals surface area contributed by atoms with E-state index < -0.39 is 27.2 Å². The van der Waals surface area contributed by atoms with E-state index in [1.807, 2.05) is 6.92 Å². The highest BCUT2D eigenvalue weighted by atomic mass is 32.2. The SMILES string of the molecule is CCCNCc1cc(F)c(OCCCS(C)(=O)=O)c(F)c1. The molecule has 4 nitrogen and oxygen atoms in total. The van der Waals surface area contributed by atoms with E-state index in [1.54, 1.807) is 0 Å². The highest BCUT2D eigenvalue weighted by Crippen LogP contribution is 2.23. The summed E-state index contributed by atoms with van der Waals surface area (Å²) in [5.41, 5.74) is 0.502. The number of sulfone groups is 1. The van der Waals surface area contributed by atoms with E-state index in [0.29, 0.717) is 12.1 Å². The molecule has 0 saturated carbocycles. The van der Waals surface area contributed by atoms with Crippen LogP contribution in [0.4, 0.5) is 8.78 Å². The molecule has 1 N–H and O–H groups in total. The lowest BCUT2D eigenvalue weighted by Crippen LogP contribution is -2.14. The Hall–Kier alpha value is -1.21. The molecule has 0 aliphatic rings.